The van der Waals surface area contributed by atoms with E-state index in [9.17, 15) is 31.5 Å². The van der Waals surface area contributed by atoms with Crippen molar-refractivity contribution >= 4 is 21.6 Å². The highest BCUT2D eigenvalue weighted by Crippen LogP contribution is 2.32. The van der Waals surface area contributed by atoms with Crippen LogP contribution in [0, 0.1) is 12.8 Å². The number of likely N-dealkylation sites (N-methyl/N-ethyl adjacent to an activating group) is 1. The zero-order valence-corrected chi connectivity index (χ0v) is 25.2. The number of carbonyl (C=O) groups excluding carboxylic acids is 1. The molecule has 1 aliphatic rings. The summed E-state index contributed by atoms with van der Waals surface area (Å²) in [6.45, 7) is 6.25. The topological polar surface area (TPSA) is 99.2 Å². The summed E-state index contributed by atoms with van der Waals surface area (Å²) in [7, 11) is -2.10. The van der Waals surface area contributed by atoms with Crippen molar-refractivity contribution in [2.24, 2.45) is 5.92 Å². The van der Waals surface area contributed by atoms with Gasteiger partial charge in [-0.25, -0.2) is 8.42 Å². The van der Waals surface area contributed by atoms with Crippen molar-refractivity contribution < 1.29 is 36.2 Å². The quantitative estimate of drug-likeness (QED) is 0.343. The molecular formula is C31H36F3N3O5S. The fourth-order valence-corrected chi connectivity index (χ4v) is 5.97. The van der Waals surface area contributed by atoms with E-state index in [0.717, 1.165) is 17.7 Å². The number of nitrogens with one attached hydrogen (secondary N) is 1. The fraction of sp³-hybridized carbons (Fsp3) is 0.387. The molecule has 1 aliphatic heterocycles. The Balaban J connectivity index is 1.59. The van der Waals surface area contributed by atoms with Gasteiger partial charge in [-0.2, -0.15) is 13.2 Å². The lowest BCUT2D eigenvalue weighted by molar-refractivity contribution is -0.137. The lowest BCUT2D eigenvalue weighted by Gasteiger charge is -2.38. The molecule has 0 aromatic heterocycles. The van der Waals surface area contributed by atoms with Crippen molar-refractivity contribution in [3.8, 4) is 5.75 Å². The van der Waals surface area contributed by atoms with Crippen LogP contribution in [0.4, 0.5) is 18.9 Å². The zero-order chi connectivity index (χ0) is 31.5. The number of halogens is 3. The molecule has 1 amide bonds. The first-order chi connectivity index (χ1) is 20.2. The molecule has 4 rings (SSSR count). The average molecular weight is 620 g/mol. The SMILES string of the molecule is Cc1ccc(S(=O)(=O)Nc2ccc3c(c2)C(=O)N([C@H](C)CO)C[C@H](C)[C@H](CN(C)Cc2ccc(C(F)(F)F)cc2)O3)cc1. The zero-order valence-electron chi connectivity index (χ0n) is 24.4. The van der Waals surface area contributed by atoms with E-state index in [2.05, 4.69) is 4.72 Å². The van der Waals surface area contributed by atoms with Gasteiger partial charge in [0, 0.05) is 31.2 Å². The van der Waals surface area contributed by atoms with Gasteiger partial charge in [0.05, 0.1) is 28.7 Å². The molecule has 0 fully saturated rings. The Morgan fingerprint density at radius 3 is 2.35 bits per heavy atom. The number of aliphatic hydroxyl groups is 1. The highest BCUT2D eigenvalue weighted by Gasteiger charge is 2.34. The van der Waals surface area contributed by atoms with Crippen LogP contribution in [0.1, 0.15) is 40.9 Å². The highest BCUT2D eigenvalue weighted by molar-refractivity contribution is 7.92. The molecule has 232 valence electrons. The fourth-order valence-electron chi connectivity index (χ4n) is 4.92. The Morgan fingerprint density at radius 1 is 1.09 bits per heavy atom. The second-order valence-electron chi connectivity index (χ2n) is 11.1. The first-order valence-electron chi connectivity index (χ1n) is 13.8. The summed E-state index contributed by atoms with van der Waals surface area (Å²) < 4.78 is 73.8. The number of nitrogens with zero attached hydrogens (tertiary/aromatic N) is 2. The molecule has 0 radical (unpaired) electrons. The number of anilines is 1. The number of carbonyl (C=O) groups is 1. The van der Waals surface area contributed by atoms with E-state index in [1.54, 1.807) is 30.0 Å². The van der Waals surface area contributed by atoms with Gasteiger partial charge in [-0.15, -0.1) is 0 Å². The highest BCUT2D eigenvalue weighted by atomic mass is 32.2. The average Bonchev–Trinajstić information content (AvgIpc) is 2.94. The van der Waals surface area contributed by atoms with Crippen LogP contribution in [-0.2, 0) is 22.7 Å². The van der Waals surface area contributed by atoms with E-state index in [-0.39, 0.29) is 41.0 Å². The summed E-state index contributed by atoms with van der Waals surface area (Å²) in [6, 6.07) is 15.4. The molecule has 0 spiro atoms. The van der Waals surface area contributed by atoms with Crippen molar-refractivity contribution in [3.63, 3.8) is 0 Å². The summed E-state index contributed by atoms with van der Waals surface area (Å²) in [5.41, 5.74) is 1.22. The molecular weight excluding hydrogens is 583 g/mol. The standard InChI is InChI=1S/C31H36F3N3O5S/c1-20-5-12-26(13-6-20)43(40,41)35-25-11-14-28-27(15-25)30(39)37(22(3)19-38)16-21(2)29(42-28)18-36(4)17-23-7-9-24(10-8-23)31(32,33)34/h5-15,21-22,29,35,38H,16-19H2,1-4H3/t21-,22+,29-/m0/s1. The van der Waals surface area contributed by atoms with Crippen molar-refractivity contribution in [1.82, 2.24) is 9.80 Å². The molecule has 3 aromatic rings. The minimum Gasteiger partial charge on any atom is -0.488 e. The molecule has 1 heterocycles. The number of sulfonamides is 1. The van der Waals surface area contributed by atoms with Crippen molar-refractivity contribution in [1.29, 1.82) is 0 Å². The van der Waals surface area contributed by atoms with Gasteiger partial charge in [0.15, 0.2) is 0 Å². The van der Waals surface area contributed by atoms with Gasteiger partial charge in [-0.1, -0.05) is 36.8 Å². The van der Waals surface area contributed by atoms with E-state index < -0.39 is 39.8 Å². The van der Waals surface area contributed by atoms with Crippen molar-refractivity contribution in [2.45, 2.75) is 50.5 Å². The minimum absolute atomic E-state index is 0.0768. The molecule has 43 heavy (non-hydrogen) atoms. The number of fused-ring (bicyclic) bond motifs is 1. The first-order valence-corrected chi connectivity index (χ1v) is 15.3. The van der Waals surface area contributed by atoms with Crippen LogP contribution >= 0.6 is 0 Å². The van der Waals surface area contributed by atoms with E-state index in [1.807, 2.05) is 25.8 Å². The number of aryl methyl sites for hydroxylation is 1. The van der Waals surface area contributed by atoms with Crippen LogP contribution in [0.15, 0.2) is 71.6 Å². The molecule has 0 saturated carbocycles. The molecule has 8 nitrogen and oxygen atoms in total. The summed E-state index contributed by atoms with van der Waals surface area (Å²) >= 11 is 0. The van der Waals surface area contributed by atoms with Crippen LogP contribution in [-0.4, -0.2) is 68.1 Å². The number of hydrogen-bond acceptors (Lipinski definition) is 6. The van der Waals surface area contributed by atoms with Crippen LogP contribution in [0.2, 0.25) is 0 Å². The summed E-state index contributed by atoms with van der Waals surface area (Å²) in [5, 5.41) is 9.90. The number of alkyl halides is 3. The molecule has 12 heteroatoms. The minimum atomic E-state index is -4.41. The monoisotopic (exact) mass is 619 g/mol. The second kappa shape index (κ2) is 12.9. The molecule has 0 bridgehead atoms. The Kier molecular flexibility index (Phi) is 9.73. The molecule has 3 aromatic carbocycles. The van der Waals surface area contributed by atoms with Gasteiger partial charge in [0.25, 0.3) is 15.9 Å². The van der Waals surface area contributed by atoms with E-state index in [0.29, 0.717) is 18.7 Å². The Bertz CT molecular complexity index is 1530. The molecule has 0 saturated heterocycles. The van der Waals surface area contributed by atoms with Gasteiger partial charge in [0.1, 0.15) is 11.9 Å². The Labute approximate surface area is 250 Å². The van der Waals surface area contributed by atoms with Crippen LogP contribution in [0.3, 0.4) is 0 Å². The Morgan fingerprint density at radius 2 is 1.74 bits per heavy atom. The van der Waals surface area contributed by atoms with Gasteiger partial charge in [-0.3, -0.25) is 14.4 Å². The van der Waals surface area contributed by atoms with Crippen molar-refractivity contribution in [2.75, 3.05) is 31.5 Å². The second-order valence-corrected chi connectivity index (χ2v) is 12.8. The normalized spacial score (nSPS) is 18.4. The van der Waals surface area contributed by atoms with Gasteiger partial charge in [-0.05, 0) is 68.9 Å². The van der Waals surface area contributed by atoms with Crippen molar-refractivity contribution in [3.05, 3.63) is 89.0 Å². The third-order valence-electron chi connectivity index (χ3n) is 7.47. The molecule has 0 aliphatic carbocycles. The molecule has 2 N–H and O–H groups in total. The van der Waals surface area contributed by atoms with E-state index in [1.165, 1.54) is 36.4 Å². The number of hydrogen-bond donors (Lipinski definition) is 2. The lowest BCUT2D eigenvalue weighted by atomic mass is 9.99. The predicted octanol–water partition coefficient (Wildman–Crippen LogP) is 5.17. The largest absolute Gasteiger partial charge is 0.488 e. The maximum atomic E-state index is 13.7. The number of amides is 1. The van der Waals surface area contributed by atoms with Crippen LogP contribution < -0.4 is 9.46 Å². The summed E-state index contributed by atoms with van der Waals surface area (Å²) in [5.74, 6) is -0.324. The third-order valence-corrected chi connectivity index (χ3v) is 8.87. The smallest absolute Gasteiger partial charge is 0.416 e. The van der Waals surface area contributed by atoms with Crippen LogP contribution in [0.5, 0.6) is 5.75 Å². The Hall–Kier alpha value is -3.61. The number of ether oxygens (including phenoxy) is 1. The molecule has 0 unspecified atom stereocenters. The predicted molar refractivity (Wildman–Crippen MR) is 157 cm³/mol. The van der Waals surface area contributed by atoms with Gasteiger partial charge >= 0.3 is 6.18 Å². The van der Waals surface area contributed by atoms with E-state index >= 15 is 0 Å². The summed E-state index contributed by atoms with van der Waals surface area (Å²) in [6.07, 6.45) is -4.84. The first kappa shape index (κ1) is 32.3. The number of aliphatic hydroxyl groups excluding tert-OH is 1. The van der Waals surface area contributed by atoms with Crippen LogP contribution in [0.25, 0.3) is 0 Å². The van der Waals surface area contributed by atoms with Gasteiger partial charge in [0.2, 0.25) is 0 Å². The van der Waals surface area contributed by atoms with Gasteiger partial charge < -0.3 is 14.7 Å². The maximum Gasteiger partial charge on any atom is 0.416 e. The number of rotatable bonds is 9. The third kappa shape index (κ3) is 7.87. The lowest BCUT2D eigenvalue weighted by Crippen LogP contribution is -2.49. The summed E-state index contributed by atoms with van der Waals surface area (Å²) in [4.78, 5) is 17.2. The number of benzene rings is 3. The molecule has 3 atom stereocenters. The van der Waals surface area contributed by atoms with E-state index in [4.69, 9.17) is 4.74 Å². The maximum absolute atomic E-state index is 13.7.